The second kappa shape index (κ2) is 8.42. The van der Waals surface area contributed by atoms with Crippen LogP contribution >= 0.6 is 11.8 Å². The van der Waals surface area contributed by atoms with E-state index in [0.717, 1.165) is 0 Å². The summed E-state index contributed by atoms with van der Waals surface area (Å²) < 4.78 is 5.25. The van der Waals surface area contributed by atoms with Gasteiger partial charge in [-0.1, -0.05) is 6.92 Å². The predicted molar refractivity (Wildman–Crippen MR) is 90.4 cm³/mol. The summed E-state index contributed by atoms with van der Waals surface area (Å²) in [5.74, 6) is -0.417. The molecule has 0 bridgehead atoms. The van der Waals surface area contributed by atoms with Crippen molar-refractivity contribution in [2.45, 2.75) is 38.5 Å². The van der Waals surface area contributed by atoms with Gasteiger partial charge in [-0.05, 0) is 27.0 Å². The van der Waals surface area contributed by atoms with E-state index in [1.54, 1.807) is 32.5 Å². The number of carbonyl (C=O) groups is 3. The molecule has 1 heterocycles. The molecule has 1 fully saturated rings. The third-order valence-corrected chi connectivity index (χ3v) is 4.27. The maximum atomic E-state index is 12.1. The molecule has 3 amide bonds. The first kappa shape index (κ1) is 19.6. The second-order valence-corrected chi connectivity index (χ2v) is 7.84. The first-order chi connectivity index (χ1) is 10.6. The first-order valence-corrected chi connectivity index (χ1v) is 8.96. The van der Waals surface area contributed by atoms with Crippen LogP contribution < -0.4 is 5.32 Å². The number of hydrogen-bond acceptors (Lipinski definition) is 5. The van der Waals surface area contributed by atoms with Gasteiger partial charge in [0.1, 0.15) is 12.1 Å². The van der Waals surface area contributed by atoms with E-state index in [1.165, 1.54) is 9.80 Å². The molecule has 0 aromatic heterocycles. The highest BCUT2D eigenvalue weighted by molar-refractivity contribution is 7.99. The Morgan fingerprint density at radius 3 is 2.52 bits per heavy atom. The number of piperazine rings is 1. The van der Waals surface area contributed by atoms with Crippen molar-refractivity contribution in [2.24, 2.45) is 0 Å². The number of nitrogens with one attached hydrogen (secondary N) is 1. The molecule has 1 rings (SSSR count). The normalized spacial score (nSPS) is 17.0. The van der Waals surface area contributed by atoms with E-state index in [2.05, 4.69) is 5.32 Å². The van der Waals surface area contributed by atoms with Crippen LogP contribution in [0.4, 0.5) is 4.79 Å². The minimum absolute atomic E-state index is 0.0299. The molecule has 1 aliphatic heterocycles. The van der Waals surface area contributed by atoms with Gasteiger partial charge in [0, 0.05) is 24.9 Å². The number of rotatable bonds is 5. The van der Waals surface area contributed by atoms with Gasteiger partial charge >= 0.3 is 6.09 Å². The van der Waals surface area contributed by atoms with Gasteiger partial charge in [0.05, 0.1) is 6.54 Å². The number of nitrogens with zero attached hydrogens (tertiary/aromatic N) is 2. The molecule has 8 heteroatoms. The van der Waals surface area contributed by atoms with Crippen molar-refractivity contribution < 1.29 is 19.1 Å². The fourth-order valence-electron chi connectivity index (χ4n) is 1.93. The highest BCUT2D eigenvalue weighted by atomic mass is 32.2. The molecule has 0 saturated carbocycles. The minimum atomic E-state index is -0.592. The lowest BCUT2D eigenvalue weighted by molar-refractivity contribution is -0.139. The number of ether oxygens (including phenoxy) is 1. The van der Waals surface area contributed by atoms with Crippen molar-refractivity contribution in [1.29, 1.82) is 0 Å². The van der Waals surface area contributed by atoms with Gasteiger partial charge in [0.25, 0.3) is 0 Å². The Morgan fingerprint density at radius 1 is 1.35 bits per heavy atom. The Hall–Kier alpha value is -1.44. The summed E-state index contributed by atoms with van der Waals surface area (Å²) in [6.07, 6.45) is 1.49. The van der Waals surface area contributed by atoms with Crippen LogP contribution in [0.5, 0.6) is 0 Å². The van der Waals surface area contributed by atoms with E-state index in [1.807, 2.05) is 13.2 Å². The topological polar surface area (TPSA) is 79.0 Å². The molecule has 23 heavy (non-hydrogen) atoms. The molecule has 1 saturated heterocycles. The van der Waals surface area contributed by atoms with E-state index in [0.29, 0.717) is 24.9 Å². The summed E-state index contributed by atoms with van der Waals surface area (Å²) in [7, 11) is 0. The molecule has 1 N–H and O–H groups in total. The molecule has 0 aromatic rings. The molecule has 1 aliphatic rings. The van der Waals surface area contributed by atoms with E-state index in [-0.39, 0.29) is 24.9 Å². The summed E-state index contributed by atoms with van der Waals surface area (Å²) in [6, 6.07) is 0. The first-order valence-electron chi connectivity index (χ1n) is 7.67. The summed E-state index contributed by atoms with van der Waals surface area (Å²) in [6.45, 7) is 8.63. The summed E-state index contributed by atoms with van der Waals surface area (Å²) in [5.41, 5.74) is -0.592. The average molecular weight is 345 g/mol. The van der Waals surface area contributed by atoms with Crippen molar-refractivity contribution in [1.82, 2.24) is 15.1 Å². The highest BCUT2D eigenvalue weighted by Crippen LogP contribution is 2.12. The van der Waals surface area contributed by atoms with E-state index in [9.17, 15) is 14.4 Å². The number of amides is 3. The van der Waals surface area contributed by atoms with Gasteiger partial charge in [-0.15, -0.1) is 0 Å². The second-order valence-electron chi connectivity index (χ2n) is 6.57. The van der Waals surface area contributed by atoms with Crippen LogP contribution in [0.1, 0.15) is 27.7 Å². The molecule has 0 aliphatic carbocycles. The third-order valence-electron chi connectivity index (χ3n) is 3.29. The zero-order chi connectivity index (χ0) is 17.6. The lowest BCUT2D eigenvalue weighted by Gasteiger charge is -2.34. The Bertz CT molecular complexity index is 450. The van der Waals surface area contributed by atoms with Crippen LogP contribution in [0.2, 0.25) is 0 Å². The van der Waals surface area contributed by atoms with Crippen LogP contribution in [-0.2, 0) is 14.3 Å². The standard InChI is InChI=1S/C15H27N3O4S/c1-11(23-5)8-16-12(19)9-17-6-7-18(10-13(17)20)14(21)22-15(2,3)4/h11H,6-10H2,1-5H3,(H,16,19)/t11-/m0/s1. The van der Waals surface area contributed by atoms with Crippen molar-refractivity contribution in [3.63, 3.8) is 0 Å². The smallest absolute Gasteiger partial charge is 0.410 e. The number of carbonyl (C=O) groups excluding carboxylic acids is 3. The molecule has 132 valence electrons. The molecular weight excluding hydrogens is 318 g/mol. The predicted octanol–water partition coefficient (Wildman–Crippen LogP) is 0.933. The maximum absolute atomic E-state index is 12.1. The molecule has 0 radical (unpaired) electrons. The van der Waals surface area contributed by atoms with Crippen molar-refractivity contribution >= 4 is 29.7 Å². The van der Waals surface area contributed by atoms with Crippen LogP contribution in [0.15, 0.2) is 0 Å². The molecule has 7 nitrogen and oxygen atoms in total. The summed E-state index contributed by atoms with van der Waals surface area (Å²) in [4.78, 5) is 38.8. The SMILES string of the molecule is CS[C@@H](C)CNC(=O)CN1CCN(C(=O)OC(C)(C)C)CC1=O. The van der Waals surface area contributed by atoms with Crippen LogP contribution in [0.25, 0.3) is 0 Å². The summed E-state index contributed by atoms with van der Waals surface area (Å²) in [5, 5.41) is 3.14. The lowest BCUT2D eigenvalue weighted by Crippen LogP contribution is -2.55. The Morgan fingerprint density at radius 2 is 2.00 bits per heavy atom. The minimum Gasteiger partial charge on any atom is -0.444 e. The van der Waals surface area contributed by atoms with E-state index < -0.39 is 11.7 Å². The quantitative estimate of drug-likeness (QED) is 0.802. The van der Waals surface area contributed by atoms with Crippen LogP contribution in [0, 0.1) is 0 Å². The average Bonchev–Trinajstić information content (AvgIpc) is 2.45. The van der Waals surface area contributed by atoms with Gasteiger partial charge in [-0.3, -0.25) is 14.5 Å². The lowest BCUT2D eigenvalue weighted by atomic mass is 10.2. The van der Waals surface area contributed by atoms with Gasteiger partial charge in [-0.2, -0.15) is 11.8 Å². The monoisotopic (exact) mass is 345 g/mol. The van der Waals surface area contributed by atoms with Crippen LogP contribution in [-0.4, -0.2) is 77.5 Å². The zero-order valence-electron chi connectivity index (χ0n) is 14.5. The Balaban J connectivity index is 2.42. The molecule has 0 spiro atoms. The maximum Gasteiger partial charge on any atom is 0.410 e. The molecule has 0 aromatic carbocycles. The van der Waals surface area contributed by atoms with Crippen molar-refractivity contribution in [3.05, 3.63) is 0 Å². The van der Waals surface area contributed by atoms with E-state index in [4.69, 9.17) is 4.74 Å². The number of hydrogen-bond donors (Lipinski definition) is 1. The zero-order valence-corrected chi connectivity index (χ0v) is 15.4. The Labute approximate surface area is 142 Å². The Kier molecular flexibility index (Phi) is 7.18. The molecule has 0 unspecified atom stereocenters. The van der Waals surface area contributed by atoms with Gasteiger partial charge < -0.3 is 15.0 Å². The molecular formula is C15H27N3O4S. The van der Waals surface area contributed by atoms with Gasteiger partial charge in [-0.25, -0.2) is 4.79 Å². The van der Waals surface area contributed by atoms with Crippen molar-refractivity contribution in [3.8, 4) is 0 Å². The fourth-order valence-corrected chi connectivity index (χ4v) is 2.18. The molecule has 1 atom stereocenters. The summed E-state index contributed by atoms with van der Waals surface area (Å²) >= 11 is 1.67. The number of thioether (sulfide) groups is 1. The third kappa shape index (κ3) is 7.11. The van der Waals surface area contributed by atoms with Gasteiger partial charge in [0.15, 0.2) is 0 Å². The highest BCUT2D eigenvalue weighted by Gasteiger charge is 2.30. The van der Waals surface area contributed by atoms with Crippen LogP contribution in [0.3, 0.4) is 0 Å². The largest absolute Gasteiger partial charge is 0.444 e. The fraction of sp³-hybridized carbons (Fsp3) is 0.800. The van der Waals surface area contributed by atoms with E-state index >= 15 is 0 Å². The van der Waals surface area contributed by atoms with Gasteiger partial charge in [0.2, 0.25) is 11.8 Å². The van der Waals surface area contributed by atoms with Crippen molar-refractivity contribution in [2.75, 3.05) is 39.0 Å².